The van der Waals surface area contributed by atoms with Gasteiger partial charge in [-0.1, -0.05) is 47.7 Å². The topological polar surface area (TPSA) is 85.9 Å². The summed E-state index contributed by atoms with van der Waals surface area (Å²) in [7, 11) is -3.62. The number of amides is 1. The number of thiazole rings is 1. The first kappa shape index (κ1) is 25.9. The fraction of sp³-hybridized carbons (Fsp3) is 0.310. The van der Waals surface area contributed by atoms with Crippen molar-refractivity contribution in [2.45, 2.75) is 17.9 Å². The number of hydrogen-bond donors (Lipinski definition) is 1. The number of hydrogen-bond acceptors (Lipinski definition) is 7. The summed E-state index contributed by atoms with van der Waals surface area (Å²) in [6.07, 6.45) is 0.701. The van der Waals surface area contributed by atoms with Crippen molar-refractivity contribution >= 4 is 42.6 Å². The van der Waals surface area contributed by atoms with Crippen LogP contribution in [-0.2, 0) is 23.0 Å². The van der Waals surface area contributed by atoms with E-state index in [1.807, 2.05) is 30.3 Å². The highest BCUT2D eigenvalue weighted by Crippen LogP contribution is 2.29. The lowest BCUT2D eigenvalue weighted by Crippen LogP contribution is -2.48. The second kappa shape index (κ2) is 11.1. The number of sulfonamides is 1. The summed E-state index contributed by atoms with van der Waals surface area (Å²) < 4.78 is 29.1. The average Bonchev–Trinajstić information content (AvgIpc) is 3.42. The molecule has 0 radical (unpaired) electrons. The van der Waals surface area contributed by atoms with Crippen molar-refractivity contribution in [2.75, 3.05) is 50.7 Å². The molecule has 3 aromatic carbocycles. The maximum Gasteiger partial charge on any atom is 0.251 e. The Morgan fingerprint density at radius 3 is 2.36 bits per heavy atom. The Kier molecular flexibility index (Phi) is 7.35. The Morgan fingerprint density at radius 2 is 1.59 bits per heavy atom. The number of fused-ring (bicyclic) bond motifs is 2. The first-order valence-corrected chi connectivity index (χ1v) is 15.5. The number of nitrogens with one attached hydrogen (secondary N) is 1. The zero-order valence-corrected chi connectivity index (χ0v) is 23.3. The van der Waals surface area contributed by atoms with Crippen molar-refractivity contribution in [1.82, 2.24) is 19.5 Å². The van der Waals surface area contributed by atoms with E-state index >= 15 is 0 Å². The first-order valence-electron chi connectivity index (χ1n) is 13.3. The van der Waals surface area contributed by atoms with Crippen molar-refractivity contribution in [1.29, 1.82) is 0 Å². The predicted molar refractivity (Wildman–Crippen MR) is 155 cm³/mol. The molecule has 1 saturated heterocycles. The van der Waals surface area contributed by atoms with E-state index in [1.165, 1.54) is 26.7 Å². The standard InChI is InChI=1S/C29H31N5O3S2/c35-28(30-14-16-32-17-19-33(20-18-32)29-31-26-7-3-4-8-27(26)38-29)23-9-11-25(12-10-23)39(36,37)34-15-13-22-5-1-2-6-24(22)21-34/h1-12H,13-21H2,(H,30,35). The monoisotopic (exact) mass is 561 g/mol. The van der Waals surface area contributed by atoms with E-state index in [0.29, 0.717) is 31.6 Å². The van der Waals surface area contributed by atoms with Crippen molar-refractivity contribution < 1.29 is 13.2 Å². The van der Waals surface area contributed by atoms with Crippen LogP contribution in [0.4, 0.5) is 5.13 Å². The van der Waals surface area contributed by atoms with Crippen molar-refractivity contribution in [2.24, 2.45) is 0 Å². The summed E-state index contributed by atoms with van der Waals surface area (Å²) in [5.74, 6) is -0.195. The van der Waals surface area contributed by atoms with Crippen LogP contribution in [0.5, 0.6) is 0 Å². The molecule has 10 heteroatoms. The molecule has 1 fully saturated rings. The summed E-state index contributed by atoms with van der Waals surface area (Å²) in [4.78, 5) is 22.4. The predicted octanol–water partition coefficient (Wildman–Crippen LogP) is 3.60. The maximum absolute atomic E-state index is 13.2. The zero-order chi connectivity index (χ0) is 26.8. The van der Waals surface area contributed by atoms with Gasteiger partial charge in [0.15, 0.2) is 5.13 Å². The second-order valence-corrected chi connectivity index (χ2v) is 12.9. The number of aromatic nitrogens is 1. The van der Waals surface area contributed by atoms with Gasteiger partial charge >= 0.3 is 0 Å². The summed E-state index contributed by atoms with van der Waals surface area (Å²) in [5.41, 5.74) is 3.75. The number of rotatable bonds is 7. The zero-order valence-electron chi connectivity index (χ0n) is 21.6. The van der Waals surface area contributed by atoms with Crippen LogP contribution in [0.25, 0.3) is 10.2 Å². The Bertz CT molecular complexity index is 1550. The van der Waals surface area contributed by atoms with Crippen LogP contribution in [-0.4, -0.2) is 74.3 Å². The molecule has 1 N–H and O–H groups in total. The summed E-state index contributed by atoms with van der Waals surface area (Å²) >= 11 is 1.73. The molecule has 3 heterocycles. The van der Waals surface area contributed by atoms with Gasteiger partial charge in [-0.05, 0) is 53.9 Å². The van der Waals surface area contributed by atoms with Crippen LogP contribution in [0.2, 0.25) is 0 Å². The molecular weight excluding hydrogens is 530 g/mol. The van der Waals surface area contributed by atoms with Crippen molar-refractivity contribution in [3.8, 4) is 0 Å². The highest BCUT2D eigenvalue weighted by atomic mass is 32.2. The van der Waals surface area contributed by atoms with Gasteiger partial charge in [-0.15, -0.1) is 0 Å². The number of anilines is 1. The minimum atomic E-state index is -3.62. The Labute approximate surface area is 232 Å². The smallest absolute Gasteiger partial charge is 0.251 e. The number of carbonyl (C=O) groups excluding carboxylic acids is 1. The molecule has 0 unspecified atom stereocenters. The molecule has 6 rings (SSSR count). The van der Waals surface area contributed by atoms with E-state index in [2.05, 4.69) is 33.3 Å². The molecular formula is C29H31N5O3S2. The molecule has 4 aromatic rings. The number of benzene rings is 3. The normalized spacial score (nSPS) is 16.8. The fourth-order valence-corrected chi connectivity index (χ4v) is 7.63. The molecule has 0 atom stereocenters. The molecule has 0 aliphatic carbocycles. The van der Waals surface area contributed by atoms with Crippen molar-refractivity contribution in [3.05, 3.63) is 89.5 Å². The van der Waals surface area contributed by atoms with Crippen LogP contribution in [0, 0.1) is 0 Å². The highest BCUT2D eigenvalue weighted by Gasteiger charge is 2.28. The number of nitrogens with zero attached hydrogens (tertiary/aromatic N) is 4. The van der Waals surface area contributed by atoms with Crippen LogP contribution < -0.4 is 10.2 Å². The lowest BCUT2D eigenvalue weighted by atomic mass is 10.0. The molecule has 202 valence electrons. The number of carbonyl (C=O) groups is 1. The lowest BCUT2D eigenvalue weighted by molar-refractivity contribution is 0.0947. The first-order chi connectivity index (χ1) is 19.0. The van der Waals surface area contributed by atoms with Gasteiger partial charge < -0.3 is 10.2 Å². The van der Waals surface area contributed by atoms with E-state index < -0.39 is 10.0 Å². The molecule has 8 nitrogen and oxygen atoms in total. The van der Waals surface area contributed by atoms with Crippen LogP contribution >= 0.6 is 11.3 Å². The second-order valence-electron chi connectivity index (χ2n) is 9.93. The maximum atomic E-state index is 13.2. The largest absolute Gasteiger partial charge is 0.351 e. The molecule has 2 aliphatic rings. The third-order valence-corrected chi connectivity index (χ3v) is 10.4. The SMILES string of the molecule is O=C(NCCN1CCN(c2nc3ccccc3s2)CC1)c1ccc(S(=O)(=O)N2CCc3ccccc3C2)cc1. The number of para-hydroxylation sites is 1. The van der Waals surface area contributed by atoms with Crippen LogP contribution in [0.15, 0.2) is 77.7 Å². The number of piperazine rings is 1. The van der Waals surface area contributed by atoms with E-state index in [-0.39, 0.29) is 10.8 Å². The minimum Gasteiger partial charge on any atom is -0.351 e. The van der Waals surface area contributed by atoms with Gasteiger partial charge in [0.25, 0.3) is 5.91 Å². The Morgan fingerprint density at radius 1 is 0.872 bits per heavy atom. The van der Waals surface area contributed by atoms with Crippen LogP contribution in [0.3, 0.4) is 0 Å². The molecule has 0 bridgehead atoms. The van der Waals surface area contributed by atoms with Gasteiger partial charge in [0.05, 0.1) is 15.1 Å². The van der Waals surface area contributed by atoms with Crippen LogP contribution in [0.1, 0.15) is 21.5 Å². The van der Waals surface area contributed by atoms with Gasteiger partial charge in [-0.25, -0.2) is 13.4 Å². The third-order valence-electron chi connectivity index (χ3n) is 7.49. The molecule has 1 aromatic heterocycles. The average molecular weight is 562 g/mol. The molecule has 1 amide bonds. The Hall–Kier alpha value is -3.31. The van der Waals surface area contributed by atoms with Crippen molar-refractivity contribution in [3.63, 3.8) is 0 Å². The molecule has 0 saturated carbocycles. The van der Waals surface area contributed by atoms with Gasteiger partial charge in [0.1, 0.15) is 0 Å². The minimum absolute atomic E-state index is 0.195. The fourth-order valence-electron chi connectivity index (χ4n) is 5.19. The van der Waals surface area contributed by atoms with E-state index in [1.54, 1.807) is 23.5 Å². The van der Waals surface area contributed by atoms with E-state index in [4.69, 9.17) is 4.98 Å². The van der Waals surface area contributed by atoms with Gasteiger partial charge in [0, 0.05) is 57.9 Å². The highest BCUT2D eigenvalue weighted by molar-refractivity contribution is 7.89. The quantitative estimate of drug-likeness (QED) is 0.371. The third kappa shape index (κ3) is 5.56. The van der Waals surface area contributed by atoms with E-state index in [9.17, 15) is 13.2 Å². The molecule has 39 heavy (non-hydrogen) atoms. The van der Waals surface area contributed by atoms with E-state index in [0.717, 1.165) is 48.9 Å². The summed E-state index contributed by atoms with van der Waals surface area (Å²) in [6, 6.07) is 22.4. The van der Waals surface area contributed by atoms with Gasteiger partial charge in [-0.3, -0.25) is 9.69 Å². The summed E-state index contributed by atoms with van der Waals surface area (Å²) in [5, 5.41) is 4.04. The summed E-state index contributed by atoms with van der Waals surface area (Å²) in [6.45, 7) is 5.78. The lowest BCUT2D eigenvalue weighted by Gasteiger charge is -2.34. The molecule has 2 aliphatic heterocycles. The van der Waals surface area contributed by atoms with Gasteiger partial charge in [0.2, 0.25) is 10.0 Å². The molecule has 0 spiro atoms. The van der Waals surface area contributed by atoms with Gasteiger partial charge in [-0.2, -0.15) is 4.31 Å². The Balaban J connectivity index is 0.980.